The minimum Gasteiger partial charge on any atom is -0.399 e. The van der Waals surface area contributed by atoms with Crippen molar-refractivity contribution in [3.05, 3.63) is 106 Å². The van der Waals surface area contributed by atoms with E-state index in [-0.39, 0.29) is 33.6 Å². The molecule has 4 N–H and O–H groups in total. The molecule has 4 rings (SSSR count). The van der Waals surface area contributed by atoms with Crippen LogP contribution in [-0.2, 0) is 11.3 Å². The average molecular weight is 550 g/mol. The molecular weight excluding hydrogens is 531 g/mol. The van der Waals surface area contributed by atoms with Crippen molar-refractivity contribution in [2.75, 3.05) is 11.5 Å². The Labute approximate surface area is 214 Å². The molecule has 0 heterocycles. The normalized spacial score (nSPS) is 28.2. The molecule has 2 aromatic rings. The Hall–Kier alpha value is -2.06. The number of alkyl halides is 2. The Morgan fingerprint density at radius 1 is 0.735 bits per heavy atom. The molecule has 10 heteroatoms. The molecule has 4 atom stereocenters. The van der Waals surface area contributed by atoms with Crippen LogP contribution in [0.15, 0.2) is 84.5 Å². The van der Waals surface area contributed by atoms with Gasteiger partial charge in [-0.1, -0.05) is 47.5 Å². The van der Waals surface area contributed by atoms with Gasteiger partial charge in [-0.2, -0.15) is 0 Å². The van der Waals surface area contributed by atoms with E-state index in [1.54, 1.807) is 0 Å². The molecule has 2 aliphatic carbocycles. The first kappa shape index (κ1) is 26.5. The largest absolute Gasteiger partial charge is 0.399 e. The van der Waals surface area contributed by atoms with Crippen LogP contribution in [0.25, 0.3) is 0 Å². The minimum absolute atomic E-state index is 0. The van der Waals surface area contributed by atoms with Crippen molar-refractivity contribution >= 4 is 58.7 Å². The maximum atomic E-state index is 16.4. The zero-order chi connectivity index (χ0) is 24.0. The standard InChI is InChI=1S/C24H18Cl2F4N2S.ClH/c25-19-9-15(31)3-5-17(19)23(29)11-13(27)1-7-21(23)33-22-8-2-14(28)12-24(22,30)18-6-4-16(32)10-20(18)26;/h1-12,21-22H,31-32H2;1H. The van der Waals surface area contributed by atoms with Crippen molar-refractivity contribution in [2.24, 2.45) is 0 Å². The fraction of sp³-hybridized carbons (Fsp3) is 0.167. The van der Waals surface area contributed by atoms with Gasteiger partial charge in [0.1, 0.15) is 11.7 Å². The molecule has 2 nitrogen and oxygen atoms in total. The predicted octanol–water partition coefficient (Wildman–Crippen LogP) is 7.93. The monoisotopic (exact) mass is 548 g/mol. The molecular formula is C24H19Cl3F4N2S. The highest BCUT2D eigenvalue weighted by molar-refractivity contribution is 8.01. The van der Waals surface area contributed by atoms with Crippen LogP contribution in [0.2, 0.25) is 10.0 Å². The van der Waals surface area contributed by atoms with E-state index in [4.69, 9.17) is 34.7 Å². The van der Waals surface area contributed by atoms with Crippen molar-refractivity contribution in [1.82, 2.24) is 0 Å². The molecule has 0 radical (unpaired) electrons. The van der Waals surface area contributed by atoms with E-state index in [0.717, 1.165) is 36.1 Å². The Kier molecular flexibility index (Phi) is 7.73. The van der Waals surface area contributed by atoms with Crippen LogP contribution in [0.4, 0.5) is 28.9 Å². The highest BCUT2D eigenvalue weighted by Crippen LogP contribution is 2.52. The quantitative estimate of drug-likeness (QED) is 0.301. The van der Waals surface area contributed by atoms with Crippen molar-refractivity contribution in [3.63, 3.8) is 0 Å². The van der Waals surface area contributed by atoms with Gasteiger partial charge < -0.3 is 11.5 Å². The number of anilines is 2. The van der Waals surface area contributed by atoms with Crippen molar-refractivity contribution < 1.29 is 17.6 Å². The summed E-state index contributed by atoms with van der Waals surface area (Å²) < 4.78 is 61.2. The van der Waals surface area contributed by atoms with Gasteiger partial charge >= 0.3 is 0 Å². The van der Waals surface area contributed by atoms with Crippen LogP contribution in [0, 0.1) is 0 Å². The summed E-state index contributed by atoms with van der Waals surface area (Å²) in [6.45, 7) is 0. The van der Waals surface area contributed by atoms with Crippen LogP contribution < -0.4 is 11.5 Å². The number of nitrogen functional groups attached to an aromatic ring is 2. The number of rotatable bonds is 4. The topological polar surface area (TPSA) is 52.0 Å². The Morgan fingerprint density at radius 2 is 1.12 bits per heavy atom. The second kappa shape index (κ2) is 9.90. The number of allylic oxidation sites excluding steroid dienone is 6. The van der Waals surface area contributed by atoms with E-state index in [9.17, 15) is 8.78 Å². The summed E-state index contributed by atoms with van der Waals surface area (Å²) in [6, 6.07) is 8.33. The summed E-state index contributed by atoms with van der Waals surface area (Å²) in [6.07, 6.45) is 6.36. The predicted molar refractivity (Wildman–Crippen MR) is 136 cm³/mol. The minimum atomic E-state index is -2.42. The van der Waals surface area contributed by atoms with Gasteiger partial charge in [0.25, 0.3) is 0 Å². The lowest BCUT2D eigenvalue weighted by Gasteiger charge is -2.38. The third-order valence-electron chi connectivity index (χ3n) is 5.49. The summed E-state index contributed by atoms with van der Waals surface area (Å²) in [5, 5.41) is -2.21. The van der Waals surface area contributed by atoms with Gasteiger partial charge in [-0.05, 0) is 48.6 Å². The molecule has 0 fully saturated rings. The number of halogens is 7. The third-order valence-corrected chi connectivity index (χ3v) is 7.70. The first-order valence-electron chi connectivity index (χ1n) is 9.80. The van der Waals surface area contributed by atoms with Crippen LogP contribution >= 0.6 is 47.4 Å². The van der Waals surface area contributed by atoms with Crippen molar-refractivity contribution in [1.29, 1.82) is 0 Å². The molecule has 2 aliphatic rings. The van der Waals surface area contributed by atoms with Crippen molar-refractivity contribution in [3.8, 4) is 0 Å². The van der Waals surface area contributed by atoms with Crippen LogP contribution in [-0.4, -0.2) is 10.5 Å². The van der Waals surface area contributed by atoms with Crippen LogP contribution in [0.3, 0.4) is 0 Å². The van der Waals surface area contributed by atoms with Gasteiger partial charge in [-0.25, -0.2) is 17.6 Å². The van der Waals surface area contributed by atoms with Gasteiger partial charge in [0.2, 0.25) is 0 Å². The molecule has 2 aromatic carbocycles. The maximum Gasteiger partial charge on any atom is 0.173 e. The first-order valence-corrected chi connectivity index (χ1v) is 11.5. The van der Waals surface area contributed by atoms with E-state index in [0.29, 0.717) is 11.4 Å². The van der Waals surface area contributed by atoms with E-state index in [2.05, 4.69) is 0 Å². The molecule has 0 spiro atoms. The number of hydrogen-bond donors (Lipinski definition) is 2. The Bertz CT molecular complexity index is 1140. The Morgan fingerprint density at radius 3 is 1.47 bits per heavy atom. The third kappa shape index (κ3) is 4.85. The van der Waals surface area contributed by atoms with Gasteiger partial charge in [0, 0.05) is 32.5 Å². The lowest BCUT2D eigenvalue weighted by molar-refractivity contribution is 0.227. The van der Waals surface area contributed by atoms with Gasteiger partial charge in [-0.3, -0.25) is 0 Å². The average Bonchev–Trinajstić information content (AvgIpc) is 2.71. The first-order chi connectivity index (χ1) is 15.5. The zero-order valence-corrected chi connectivity index (χ0v) is 20.5. The Balaban J connectivity index is 0.00000324. The van der Waals surface area contributed by atoms with Gasteiger partial charge in [-0.15, -0.1) is 24.2 Å². The molecule has 0 amide bonds. The van der Waals surface area contributed by atoms with Crippen LogP contribution in [0.5, 0.6) is 0 Å². The van der Waals surface area contributed by atoms with E-state index in [1.165, 1.54) is 48.6 Å². The molecule has 0 aliphatic heterocycles. The summed E-state index contributed by atoms with van der Waals surface area (Å²) in [5.74, 6) is -1.61. The second-order valence-electron chi connectivity index (χ2n) is 7.77. The van der Waals surface area contributed by atoms with Gasteiger partial charge in [0.05, 0.1) is 10.5 Å². The summed E-state index contributed by atoms with van der Waals surface area (Å²) in [4.78, 5) is 0. The lowest BCUT2D eigenvalue weighted by Crippen LogP contribution is -2.39. The molecule has 0 saturated heterocycles. The van der Waals surface area contributed by atoms with Crippen LogP contribution in [0.1, 0.15) is 11.1 Å². The summed E-state index contributed by atoms with van der Waals surface area (Å²) in [7, 11) is 0. The van der Waals surface area contributed by atoms with Gasteiger partial charge in [0.15, 0.2) is 11.3 Å². The highest BCUT2D eigenvalue weighted by atomic mass is 35.5. The number of nitrogens with two attached hydrogens (primary N) is 2. The number of thioether (sulfide) groups is 1. The summed E-state index contributed by atoms with van der Waals surface area (Å²) >= 11 is 13.3. The summed E-state index contributed by atoms with van der Waals surface area (Å²) in [5.41, 5.74) is 7.15. The molecule has 4 unspecified atom stereocenters. The lowest BCUT2D eigenvalue weighted by atomic mass is 9.87. The molecule has 0 aromatic heterocycles. The second-order valence-corrected chi connectivity index (χ2v) is 9.87. The van der Waals surface area contributed by atoms with Crippen molar-refractivity contribution in [2.45, 2.75) is 21.8 Å². The highest BCUT2D eigenvalue weighted by Gasteiger charge is 2.48. The van der Waals surface area contributed by atoms with E-state index in [1.807, 2.05) is 0 Å². The SMILES string of the molecule is Cl.Nc1ccc(C2(F)C=C(F)C=CC2SC2C=CC(F)=CC2(F)c2ccc(N)cc2Cl)c(Cl)c1. The maximum absolute atomic E-state index is 16.4. The fourth-order valence-corrected chi connectivity index (χ4v) is 6.00. The molecule has 0 bridgehead atoms. The molecule has 180 valence electrons. The fourth-order valence-electron chi connectivity index (χ4n) is 3.89. The molecule has 34 heavy (non-hydrogen) atoms. The zero-order valence-electron chi connectivity index (χ0n) is 17.3. The number of hydrogen-bond acceptors (Lipinski definition) is 3. The number of benzene rings is 2. The van der Waals surface area contributed by atoms with E-state index >= 15 is 8.78 Å². The molecule has 0 saturated carbocycles. The smallest absolute Gasteiger partial charge is 0.173 e. The van der Waals surface area contributed by atoms with E-state index < -0.39 is 33.5 Å².